The second-order valence-corrected chi connectivity index (χ2v) is 5.18. The topological polar surface area (TPSA) is 9.23 Å². The average molecular weight is 196 g/mol. The van der Waals surface area contributed by atoms with Gasteiger partial charge in [-0.2, -0.15) is 0 Å². The molecule has 1 fully saturated rings. The fraction of sp³-hybridized carbons (Fsp3) is 0.846. The van der Waals surface area contributed by atoms with Crippen molar-refractivity contribution in [3.05, 3.63) is 12.3 Å². The Morgan fingerprint density at radius 2 is 2.00 bits per heavy atom. The summed E-state index contributed by atoms with van der Waals surface area (Å²) in [5.74, 6) is 3.14. The van der Waals surface area contributed by atoms with Crippen LogP contribution in [0.4, 0.5) is 0 Å². The molecule has 0 aromatic rings. The molecule has 0 radical (unpaired) electrons. The highest BCUT2D eigenvalue weighted by atomic mass is 16.5. The van der Waals surface area contributed by atoms with Gasteiger partial charge >= 0.3 is 0 Å². The molecule has 1 nitrogen and oxygen atoms in total. The van der Waals surface area contributed by atoms with E-state index in [4.69, 9.17) is 4.74 Å². The van der Waals surface area contributed by atoms with Crippen LogP contribution in [-0.2, 0) is 4.74 Å². The number of hydrogen-bond donors (Lipinski definition) is 0. The Hall–Kier alpha value is -0.460. The van der Waals surface area contributed by atoms with Gasteiger partial charge in [0.1, 0.15) is 6.10 Å². The normalized spacial score (nSPS) is 33.1. The second-order valence-electron chi connectivity index (χ2n) is 5.18. The van der Waals surface area contributed by atoms with E-state index >= 15 is 0 Å². The van der Waals surface area contributed by atoms with Crippen molar-refractivity contribution >= 4 is 0 Å². The summed E-state index contributed by atoms with van der Waals surface area (Å²) in [5.41, 5.74) is 0. The Bertz CT molecular complexity index is 195. The molecular weight excluding hydrogens is 172 g/mol. The Morgan fingerprint density at radius 1 is 1.36 bits per heavy atom. The summed E-state index contributed by atoms with van der Waals surface area (Å²) >= 11 is 0. The summed E-state index contributed by atoms with van der Waals surface area (Å²) in [5, 5.41) is 0. The molecule has 3 unspecified atom stereocenters. The summed E-state index contributed by atoms with van der Waals surface area (Å²) in [6.07, 6.45) is 4.29. The SMILES string of the molecule is C=C(C)OC1CC(C)CCC1C(C)C. The van der Waals surface area contributed by atoms with Crippen molar-refractivity contribution in [2.45, 2.75) is 53.1 Å². The molecule has 1 rings (SSSR count). The summed E-state index contributed by atoms with van der Waals surface area (Å²) < 4.78 is 5.84. The standard InChI is InChI=1S/C13H24O/c1-9(2)12-7-6-11(5)8-13(12)14-10(3)4/h9,11-13H,3,6-8H2,1-2,4-5H3. The van der Waals surface area contributed by atoms with Crippen LogP contribution in [0.5, 0.6) is 0 Å². The van der Waals surface area contributed by atoms with Crippen molar-refractivity contribution in [1.82, 2.24) is 0 Å². The van der Waals surface area contributed by atoms with Gasteiger partial charge in [0.15, 0.2) is 0 Å². The van der Waals surface area contributed by atoms with Crippen LogP contribution < -0.4 is 0 Å². The van der Waals surface area contributed by atoms with E-state index < -0.39 is 0 Å². The van der Waals surface area contributed by atoms with Gasteiger partial charge in [-0.25, -0.2) is 0 Å². The first kappa shape index (κ1) is 11.6. The van der Waals surface area contributed by atoms with Crippen molar-refractivity contribution in [2.24, 2.45) is 17.8 Å². The van der Waals surface area contributed by atoms with Crippen LogP contribution in [0.1, 0.15) is 47.0 Å². The van der Waals surface area contributed by atoms with Gasteiger partial charge in [-0.05, 0) is 37.5 Å². The minimum atomic E-state index is 0.413. The quantitative estimate of drug-likeness (QED) is 0.620. The third kappa shape index (κ3) is 3.04. The van der Waals surface area contributed by atoms with Crippen LogP contribution in [0.15, 0.2) is 12.3 Å². The molecule has 0 amide bonds. The molecule has 0 aromatic heterocycles. The van der Waals surface area contributed by atoms with Gasteiger partial charge in [0.25, 0.3) is 0 Å². The van der Waals surface area contributed by atoms with Crippen molar-refractivity contribution in [3.8, 4) is 0 Å². The fourth-order valence-electron chi connectivity index (χ4n) is 2.51. The van der Waals surface area contributed by atoms with Gasteiger partial charge < -0.3 is 4.74 Å². The van der Waals surface area contributed by atoms with Crippen LogP contribution in [0.2, 0.25) is 0 Å². The van der Waals surface area contributed by atoms with E-state index in [1.165, 1.54) is 19.3 Å². The smallest absolute Gasteiger partial charge is 0.101 e. The minimum Gasteiger partial charge on any atom is -0.495 e. The van der Waals surface area contributed by atoms with Crippen LogP contribution in [-0.4, -0.2) is 6.10 Å². The molecule has 1 aliphatic rings. The van der Waals surface area contributed by atoms with Gasteiger partial charge in [0.2, 0.25) is 0 Å². The van der Waals surface area contributed by atoms with Crippen molar-refractivity contribution < 1.29 is 4.74 Å². The molecule has 0 N–H and O–H groups in total. The minimum absolute atomic E-state index is 0.413. The molecule has 3 atom stereocenters. The van der Waals surface area contributed by atoms with E-state index in [1.54, 1.807) is 0 Å². The Labute approximate surface area is 88.5 Å². The maximum atomic E-state index is 5.84. The molecule has 0 saturated heterocycles. The molecule has 0 aromatic carbocycles. The van der Waals surface area contributed by atoms with E-state index in [9.17, 15) is 0 Å². The second kappa shape index (κ2) is 4.86. The monoisotopic (exact) mass is 196 g/mol. The molecule has 14 heavy (non-hydrogen) atoms. The highest BCUT2D eigenvalue weighted by Crippen LogP contribution is 2.35. The molecule has 82 valence electrons. The number of ether oxygens (including phenoxy) is 1. The predicted octanol–water partition coefficient (Wildman–Crippen LogP) is 4.00. The predicted molar refractivity (Wildman–Crippen MR) is 61.0 cm³/mol. The van der Waals surface area contributed by atoms with Gasteiger partial charge in [0.05, 0.1) is 5.76 Å². The lowest BCUT2D eigenvalue weighted by Gasteiger charge is -2.37. The van der Waals surface area contributed by atoms with Gasteiger partial charge in [-0.1, -0.05) is 33.8 Å². The average Bonchev–Trinajstić information content (AvgIpc) is 2.01. The Balaban J connectivity index is 2.58. The van der Waals surface area contributed by atoms with Crippen LogP contribution in [0, 0.1) is 17.8 Å². The first-order valence-corrected chi connectivity index (χ1v) is 5.83. The van der Waals surface area contributed by atoms with Crippen LogP contribution in [0.3, 0.4) is 0 Å². The number of rotatable bonds is 3. The summed E-state index contributed by atoms with van der Waals surface area (Å²) in [6.45, 7) is 12.7. The first-order chi connectivity index (χ1) is 6.50. The van der Waals surface area contributed by atoms with Crippen molar-refractivity contribution in [3.63, 3.8) is 0 Å². The van der Waals surface area contributed by atoms with E-state index in [0.717, 1.165) is 23.5 Å². The fourth-order valence-corrected chi connectivity index (χ4v) is 2.51. The highest BCUT2D eigenvalue weighted by Gasteiger charge is 2.31. The van der Waals surface area contributed by atoms with E-state index in [-0.39, 0.29) is 0 Å². The highest BCUT2D eigenvalue weighted by molar-refractivity contribution is 4.86. The third-order valence-electron chi connectivity index (χ3n) is 3.31. The summed E-state index contributed by atoms with van der Waals surface area (Å²) in [6, 6.07) is 0. The summed E-state index contributed by atoms with van der Waals surface area (Å²) in [7, 11) is 0. The molecule has 1 heteroatoms. The molecular formula is C13H24O. The van der Waals surface area contributed by atoms with Crippen LogP contribution >= 0.6 is 0 Å². The van der Waals surface area contributed by atoms with Crippen molar-refractivity contribution in [2.75, 3.05) is 0 Å². The maximum Gasteiger partial charge on any atom is 0.101 e. The molecule has 0 heterocycles. The van der Waals surface area contributed by atoms with Crippen LogP contribution in [0.25, 0.3) is 0 Å². The van der Waals surface area contributed by atoms with Crippen molar-refractivity contribution in [1.29, 1.82) is 0 Å². The van der Waals surface area contributed by atoms with E-state index in [0.29, 0.717) is 6.10 Å². The lowest BCUT2D eigenvalue weighted by Crippen LogP contribution is -2.33. The molecule has 1 saturated carbocycles. The third-order valence-corrected chi connectivity index (χ3v) is 3.31. The number of hydrogen-bond acceptors (Lipinski definition) is 1. The molecule has 0 aliphatic heterocycles. The molecule has 1 aliphatic carbocycles. The zero-order valence-electron chi connectivity index (χ0n) is 10.0. The zero-order valence-corrected chi connectivity index (χ0v) is 10.0. The van der Waals surface area contributed by atoms with Gasteiger partial charge in [-0.15, -0.1) is 0 Å². The lowest BCUT2D eigenvalue weighted by atomic mass is 9.75. The zero-order chi connectivity index (χ0) is 10.7. The Morgan fingerprint density at radius 3 is 2.50 bits per heavy atom. The largest absolute Gasteiger partial charge is 0.495 e. The molecule has 0 bridgehead atoms. The van der Waals surface area contributed by atoms with Gasteiger partial charge in [0, 0.05) is 0 Å². The number of allylic oxidation sites excluding steroid dienone is 1. The summed E-state index contributed by atoms with van der Waals surface area (Å²) in [4.78, 5) is 0. The Kier molecular flexibility index (Phi) is 4.03. The molecule has 0 spiro atoms. The van der Waals surface area contributed by atoms with Gasteiger partial charge in [-0.3, -0.25) is 0 Å². The first-order valence-electron chi connectivity index (χ1n) is 5.83. The maximum absolute atomic E-state index is 5.84. The lowest BCUT2D eigenvalue weighted by molar-refractivity contribution is 0.0000777. The van der Waals surface area contributed by atoms with E-state index in [2.05, 4.69) is 27.4 Å². The van der Waals surface area contributed by atoms with E-state index in [1.807, 2.05) is 6.92 Å².